The molecule has 2 N–H and O–H groups in total. The van der Waals surface area contributed by atoms with E-state index in [0.717, 1.165) is 48.6 Å². The Balaban J connectivity index is 1.87. The van der Waals surface area contributed by atoms with Gasteiger partial charge < -0.3 is 15.4 Å². The van der Waals surface area contributed by atoms with Gasteiger partial charge in [0, 0.05) is 36.5 Å². The molecule has 0 amide bonds. The molecule has 4 nitrogen and oxygen atoms in total. The smallest absolute Gasteiger partial charge is 0.408 e. The number of alkyl halides is 2. The van der Waals surface area contributed by atoms with E-state index in [1.807, 2.05) is 6.07 Å². The molecular weight excluding hydrogens is 379 g/mol. The second kappa shape index (κ2) is 8.97. The molecule has 1 aliphatic rings. The standard InChI is InChI=1S/C21H26F2N3OP/c1-3-4-5-18(15-12-24-13-15)19-14(2)10-11-25-20(19)26-16-6-8-17(9-7-16)27-21(22,23)28/h5-11,15,24H,3-4,12-13,28H2,1-2H3,(H,25,26)/b18-5-. The van der Waals surface area contributed by atoms with Crippen LogP contribution in [0, 0.1) is 12.8 Å². The van der Waals surface area contributed by atoms with Gasteiger partial charge in [-0.3, -0.25) is 0 Å². The van der Waals surface area contributed by atoms with Crippen molar-refractivity contribution in [1.29, 1.82) is 0 Å². The highest BCUT2D eigenvalue weighted by Gasteiger charge is 2.26. The number of halogens is 2. The normalized spacial score (nSPS) is 15.2. The summed E-state index contributed by atoms with van der Waals surface area (Å²) in [7, 11) is 1.37. The molecule has 1 aromatic heterocycles. The Morgan fingerprint density at radius 3 is 2.61 bits per heavy atom. The molecule has 0 radical (unpaired) electrons. The minimum atomic E-state index is -3.28. The molecule has 1 aliphatic heterocycles. The van der Waals surface area contributed by atoms with Crippen molar-refractivity contribution in [2.45, 2.75) is 32.5 Å². The fourth-order valence-corrected chi connectivity index (χ4v) is 3.33. The molecule has 1 fully saturated rings. The van der Waals surface area contributed by atoms with Gasteiger partial charge in [0.2, 0.25) is 0 Å². The lowest BCUT2D eigenvalue weighted by atomic mass is 9.85. The number of aryl methyl sites for hydroxylation is 1. The van der Waals surface area contributed by atoms with Crippen LogP contribution in [0.4, 0.5) is 20.3 Å². The van der Waals surface area contributed by atoms with Gasteiger partial charge in [0.1, 0.15) is 11.6 Å². The van der Waals surface area contributed by atoms with E-state index in [-0.39, 0.29) is 5.75 Å². The van der Waals surface area contributed by atoms with Crippen molar-refractivity contribution in [2.75, 3.05) is 18.4 Å². The van der Waals surface area contributed by atoms with E-state index in [1.54, 1.807) is 18.3 Å². The zero-order valence-electron chi connectivity index (χ0n) is 16.1. The zero-order chi connectivity index (χ0) is 20.1. The summed E-state index contributed by atoms with van der Waals surface area (Å²) in [5.41, 5.74) is 4.37. The third-order valence-electron chi connectivity index (χ3n) is 4.69. The predicted molar refractivity (Wildman–Crippen MR) is 113 cm³/mol. The Hall–Kier alpha value is -2.04. The molecule has 0 bridgehead atoms. The topological polar surface area (TPSA) is 46.2 Å². The van der Waals surface area contributed by atoms with E-state index < -0.39 is 5.85 Å². The molecule has 28 heavy (non-hydrogen) atoms. The fourth-order valence-electron chi connectivity index (χ4n) is 3.20. The summed E-state index contributed by atoms with van der Waals surface area (Å²) in [4.78, 5) is 4.56. The molecule has 1 saturated heterocycles. The number of unbranched alkanes of at least 4 members (excludes halogenated alkanes) is 1. The number of hydrogen-bond acceptors (Lipinski definition) is 4. The van der Waals surface area contributed by atoms with Crippen LogP contribution < -0.4 is 15.4 Å². The molecule has 1 aromatic carbocycles. The molecule has 0 spiro atoms. The highest BCUT2D eigenvalue weighted by molar-refractivity contribution is 7.17. The maximum absolute atomic E-state index is 13.0. The van der Waals surface area contributed by atoms with Crippen molar-refractivity contribution in [3.63, 3.8) is 0 Å². The third kappa shape index (κ3) is 5.27. The van der Waals surface area contributed by atoms with E-state index in [9.17, 15) is 8.78 Å². The third-order valence-corrected chi connectivity index (χ3v) is 4.81. The van der Waals surface area contributed by atoms with E-state index in [4.69, 9.17) is 0 Å². The summed E-state index contributed by atoms with van der Waals surface area (Å²) < 4.78 is 30.5. The largest absolute Gasteiger partial charge is 0.430 e. The van der Waals surface area contributed by atoms with E-state index in [0.29, 0.717) is 5.92 Å². The molecule has 1 unspecified atom stereocenters. The molecule has 2 heterocycles. The van der Waals surface area contributed by atoms with Gasteiger partial charge >= 0.3 is 5.85 Å². The Kier molecular flexibility index (Phi) is 6.63. The lowest BCUT2D eigenvalue weighted by Crippen LogP contribution is -2.42. The lowest BCUT2D eigenvalue weighted by Gasteiger charge is -2.31. The average Bonchev–Trinajstić information content (AvgIpc) is 2.58. The number of anilines is 2. The maximum atomic E-state index is 13.0. The lowest BCUT2D eigenvalue weighted by molar-refractivity contribution is -0.0892. The number of benzene rings is 1. The van der Waals surface area contributed by atoms with Crippen LogP contribution in [0.2, 0.25) is 0 Å². The summed E-state index contributed by atoms with van der Waals surface area (Å²) in [6.07, 6.45) is 6.21. The van der Waals surface area contributed by atoms with Crippen molar-refractivity contribution in [3.8, 4) is 5.75 Å². The van der Waals surface area contributed by atoms with Crippen molar-refractivity contribution in [1.82, 2.24) is 10.3 Å². The van der Waals surface area contributed by atoms with Gasteiger partial charge in [0.25, 0.3) is 0 Å². The molecule has 3 rings (SSSR count). The van der Waals surface area contributed by atoms with Crippen LogP contribution in [-0.2, 0) is 0 Å². The number of nitrogens with zero attached hydrogens (tertiary/aromatic N) is 1. The van der Waals surface area contributed by atoms with Crippen LogP contribution in [-0.4, -0.2) is 23.9 Å². The van der Waals surface area contributed by atoms with Gasteiger partial charge in [0.15, 0.2) is 0 Å². The number of allylic oxidation sites excluding steroid dienone is 1. The van der Waals surface area contributed by atoms with Crippen LogP contribution in [0.5, 0.6) is 5.75 Å². The Morgan fingerprint density at radius 2 is 2.04 bits per heavy atom. The van der Waals surface area contributed by atoms with Gasteiger partial charge in [-0.2, -0.15) is 8.78 Å². The molecule has 1 atom stereocenters. The first-order valence-electron chi connectivity index (χ1n) is 9.47. The first-order valence-corrected chi connectivity index (χ1v) is 10.0. The second-order valence-corrected chi connectivity index (χ2v) is 7.64. The number of ether oxygens (including phenoxy) is 1. The molecule has 150 valence electrons. The zero-order valence-corrected chi connectivity index (χ0v) is 17.3. The number of aromatic nitrogens is 1. The minimum absolute atomic E-state index is 0.104. The summed E-state index contributed by atoms with van der Waals surface area (Å²) >= 11 is 0. The number of rotatable bonds is 8. The molecular formula is C21H26F2N3OP. The fraction of sp³-hybridized carbons (Fsp3) is 0.381. The first kappa shape index (κ1) is 20.7. The summed E-state index contributed by atoms with van der Waals surface area (Å²) in [5, 5.41) is 6.69. The van der Waals surface area contributed by atoms with E-state index in [2.05, 4.69) is 40.3 Å². The number of nitrogens with one attached hydrogen (secondary N) is 2. The second-order valence-electron chi connectivity index (χ2n) is 6.97. The Labute approximate surface area is 167 Å². The van der Waals surface area contributed by atoms with Gasteiger partial charge in [-0.1, -0.05) is 19.4 Å². The molecule has 0 saturated carbocycles. The van der Waals surface area contributed by atoms with Crippen LogP contribution in [0.3, 0.4) is 0 Å². The van der Waals surface area contributed by atoms with E-state index >= 15 is 0 Å². The van der Waals surface area contributed by atoms with Crippen molar-refractivity contribution >= 4 is 26.3 Å². The van der Waals surface area contributed by atoms with Gasteiger partial charge in [0.05, 0.1) is 0 Å². The molecule has 2 aromatic rings. The maximum Gasteiger partial charge on any atom is 0.408 e. The van der Waals surface area contributed by atoms with Crippen molar-refractivity contribution in [2.24, 2.45) is 5.92 Å². The SMILES string of the molecule is CCC/C=C(\c1c(C)ccnc1Nc1ccc(OC(F)(F)P)cc1)C1CNC1. The quantitative estimate of drug-likeness (QED) is 0.582. The van der Waals surface area contributed by atoms with Gasteiger partial charge in [-0.25, -0.2) is 4.98 Å². The Bertz CT molecular complexity index is 831. The van der Waals surface area contributed by atoms with E-state index in [1.165, 1.54) is 26.9 Å². The summed E-state index contributed by atoms with van der Waals surface area (Å²) in [6.45, 7) is 6.20. The van der Waals surface area contributed by atoms with Crippen LogP contribution in [0.25, 0.3) is 5.57 Å². The molecule has 0 aliphatic carbocycles. The first-order chi connectivity index (χ1) is 13.4. The molecule has 7 heteroatoms. The van der Waals surface area contributed by atoms with Crippen LogP contribution in [0.15, 0.2) is 42.6 Å². The predicted octanol–water partition coefficient (Wildman–Crippen LogP) is 5.34. The number of hydrogen-bond donors (Lipinski definition) is 2. The number of pyridine rings is 1. The highest BCUT2D eigenvalue weighted by atomic mass is 31.0. The van der Waals surface area contributed by atoms with Crippen LogP contribution in [0.1, 0.15) is 30.9 Å². The van der Waals surface area contributed by atoms with Crippen molar-refractivity contribution in [3.05, 3.63) is 53.7 Å². The van der Waals surface area contributed by atoms with Gasteiger partial charge in [-0.05, 0) is 64.1 Å². The van der Waals surface area contributed by atoms with Crippen molar-refractivity contribution < 1.29 is 13.5 Å². The van der Waals surface area contributed by atoms with Gasteiger partial charge in [-0.15, -0.1) is 0 Å². The summed E-state index contributed by atoms with van der Waals surface area (Å²) in [5.74, 6) is -1.92. The summed E-state index contributed by atoms with van der Waals surface area (Å²) in [6, 6.07) is 8.46. The minimum Gasteiger partial charge on any atom is -0.430 e. The Morgan fingerprint density at radius 1 is 1.32 bits per heavy atom. The van der Waals surface area contributed by atoms with Crippen LogP contribution >= 0.6 is 9.24 Å². The average molecular weight is 405 g/mol. The monoisotopic (exact) mass is 405 g/mol. The highest BCUT2D eigenvalue weighted by Crippen LogP contribution is 2.35.